The second-order valence-electron chi connectivity index (χ2n) is 4.64. The van der Waals surface area contributed by atoms with Gasteiger partial charge in [0, 0.05) is 6.04 Å². The lowest BCUT2D eigenvalue weighted by Crippen LogP contribution is -2.38. The van der Waals surface area contributed by atoms with Crippen LogP contribution in [0.3, 0.4) is 0 Å². The molecule has 1 aromatic rings. The van der Waals surface area contributed by atoms with E-state index in [4.69, 9.17) is 0 Å². The molecular weight excluding hydrogens is 218 g/mol. The normalized spacial score (nSPS) is 19.3. The summed E-state index contributed by atoms with van der Waals surface area (Å²) >= 11 is 1.51. The molecule has 1 N–H and O–H groups in total. The molecule has 1 aliphatic carbocycles. The molecule has 0 saturated heterocycles. The van der Waals surface area contributed by atoms with Crippen molar-refractivity contribution in [3.63, 3.8) is 0 Å². The van der Waals surface area contributed by atoms with Crippen LogP contribution in [-0.2, 0) is 0 Å². The highest BCUT2D eigenvalue weighted by Gasteiger charge is 2.21. The molecule has 16 heavy (non-hydrogen) atoms. The van der Waals surface area contributed by atoms with Gasteiger partial charge in [-0.3, -0.25) is 4.79 Å². The number of hydrogen-bond donors (Lipinski definition) is 1. The highest BCUT2D eigenvalue weighted by molar-refractivity contribution is 7.12. The van der Waals surface area contributed by atoms with Crippen LogP contribution < -0.4 is 5.32 Å². The minimum Gasteiger partial charge on any atom is -0.349 e. The summed E-state index contributed by atoms with van der Waals surface area (Å²) in [5.41, 5.74) is 0. The van der Waals surface area contributed by atoms with Crippen molar-refractivity contribution in [2.24, 2.45) is 5.92 Å². The first-order valence-electron chi connectivity index (χ1n) is 6.12. The number of rotatable bonds is 3. The van der Waals surface area contributed by atoms with Crippen LogP contribution in [0.2, 0.25) is 0 Å². The van der Waals surface area contributed by atoms with E-state index in [9.17, 15) is 4.79 Å². The molecule has 0 unspecified atom stereocenters. The van der Waals surface area contributed by atoms with Gasteiger partial charge in [0.2, 0.25) is 0 Å². The van der Waals surface area contributed by atoms with Crippen LogP contribution >= 0.6 is 11.3 Å². The number of amides is 1. The van der Waals surface area contributed by atoms with Crippen LogP contribution in [-0.4, -0.2) is 11.9 Å². The van der Waals surface area contributed by atoms with Crippen molar-refractivity contribution in [2.75, 3.05) is 0 Å². The summed E-state index contributed by atoms with van der Waals surface area (Å²) < 4.78 is 0. The number of hydrogen-bond acceptors (Lipinski definition) is 2. The van der Waals surface area contributed by atoms with Crippen molar-refractivity contribution in [1.82, 2.24) is 5.32 Å². The first kappa shape index (κ1) is 11.6. The maximum atomic E-state index is 11.9. The molecule has 1 aliphatic rings. The van der Waals surface area contributed by atoms with E-state index in [1.807, 2.05) is 17.5 Å². The van der Waals surface area contributed by atoms with E-state index >= 15 is 0 Å². The summed E-state index contributed by atoms with van der Waals surface area (Å²) in [7, 11) is 0. The zero-order valence-electron chi connectivity index (χ0n) is 9.74. The van der Waals surface area contributed by atoms with Gasteiger partial charge in [-0.1, -0.05) is 25.3 Å². The van der Waals surface area contributed by atoms with Gasteiger partial charge in [-0.15, -0.1) is 11.3 Å². The number of carbonyl (C=O) groups excluding carboxylic acids is 1. The summed E-state index contributed by atoms with van der Waals surface area (Å²) in [5, 5.41) is 5.07. The van der Waals surface area contributed by atoms with Gasteiger partial charge in [0.15, 0.2) is 0 Å². The first-order valence-corrected chi connectivity index (χ1v) is 6.99. The van der Waals surface area contributed by atoms with E-state index in [1.54, 1.807) is 0 Å². The van der Waals surface area contributed by atoms with Crippen LogP contribution in [0.15, 0.2) is 17.5 Å². The molecule has 3 heteroatoms. The van der Waals surface area contributed by atoms with E-state index < -0.39 is 0 Å². The molecule has 0 aromatic carbocycles. The van der Waals surface area contributed by atoms with Crippen LogP contribution in [0.5, 0.6) is 0 Å². The van der Waals surface area contributed by atoms with Crippen LogP contribution in [0.25, 0.3) is 0 Å². The zero-order valence-corrected chi connectivity index (χ0v) is 10.6. The fraction of sp³-hybridized carbons (Fsp3) is 0.615. The Morgan fingerprint density at radius 1 is 1.44 bits per heavy atom. The molecule has 0 spiro atoms. The van der Waals surface area contributed by atoms with E-state index in [2.05, 4.69) is 12.2 Å². The van der Waals surface area contributed by atoms with Gasteiger partial charge in [0.05, 0.1) is 4.88 Å². The van der Waals surface area contributed by atoms with E-state index in [0.717, 1.165) is 4.88 Å². The standard InChI is InChI=1S/C13H19NOS/c1-10(11-6-3-2-4-7-11)14-13(15)12-8-5-9-16-12/h5,8-11H,2-4,6-7H2,1H3,(H,14,15)/t10-/m1/s1. The molecular formula is C13H19NOS. The highest BCUT2D eigenvalue weighted by atomic mass is 32.1. The molecule has 0 radical (unpaired) electrons. The van der Waals surface area contributed by atoms with Crippen molar-refractivity contribution in [2.45, 2.75) is 45.1 Å². The monoisotopic (exact) mass is 237 g/mol. The van der Waals surface area contributed by atoms with Crippen LogP contribution in [0, 0.1) is 5.92 Å². The van der Waals surface area contributed by atoms with Gasteiger partial charge in [0.25, 0.3) is 5.91 Å². The Morgan fingerprint density at radius 3 is 2.81 bits per heavy atom. The maximum absolute atomic E-state index is 11.9. The molecule has 1 amide bonds. The highest BCUT2D eigenvalue weighted by Crippen LogP contribution is 2.26. The van der Waals surface area contributed by atoms with Crippen molar-refractivity contribution in [3.8, 4) is 0 Å². The van der Waals surface area contributed by atoms with Crippen LogP contribution in [0.1, 0.15) is 48.7 Å². The summed E-state index contributed by atoms with van der Waals surface area (Å²) in [6.07, 6.45) is 6.55. The average Bonchev–Trinajstić information content (AvgIpc) is 2.83. The maximum Gasteiger partial charge on any atom is 0.261 e. The summed E-state index contributed by atoms with van der Waals surface area (Å²) in [4.78, 5) is 12.7. The van der Waals surface area contributed by atoms with Crippen LogP contribution in [0.4, 0.5) is 0 Å². The van der Waals surface area contributed by atoms with Gasteiger partial charge in [-0.25, -0.2) is 0 Å². The third-order valence-corrected chi connectivity index (χ3v) is 4.33. The van der Waals surface area contributed by atoms with Gasteiger partial charge >= 0.3 is 0 Å². The second-order valence-corrected chi connectivity index (χ2v) is 5.59. The Bertz CT molecular complexity index is 328. The van der Waals surface area contributed by atoms with Crippen molar-refractivity contribution < 1.29 is 4.79 Å². The summed E-state index contributed by atoms with van der Waals surface area (Å²) in [6, 6.07) is 4.12. The van der Waals surface area contributed by atoms with Gasteiger partial charge < -0.3 is 5.32 Å². The largest absolute Gasteiger partial charge is 0.349 e. The molecule has 1 heterocycles. The lowest BCUT2D eigenvalue weighted by molar-refractivity contribution is 0.0923. The molecule has 1 saturated carbocycles. The Kier molecular flexibility index (Phi) is 3.99. The topological polar surface area (TPSA) is 29.1 Å². The third-order valence-electron chi connectivity index (χ3n) is 3.46. The quantitative estimate of drug-likeness (QED) is 0.857. The minimum atomic E-state index is 0.0908. The molecule has 0 bridgehead atoms. The Balaban J connectivity index is 1.86. The summed E-state index contributed by atoms with van der Waals surface area (Å²) in [5.74, 6) is 0.769. The van der Waals surface area contributed by atoms with Gasteiger partial charge in [-0.05, 0) is 37.1 Å². The van der Waals surface area contributed by atoms with Gasteiger partial charge in [-0.2, -0.15) is 0 Å². The SMILES string of the molecule is C[C@@H](NC(=O)c1cccs1)C1CCCCC1. The predicted molar refractivity (Wildman–Crippen MR) is 67.8 cm³/mol. The molecule has 1 atom stereocenters. The zero-order chi connectivity index (χ0) is 11.4. The van der Waals surface area contributed by atoms with Crippen molar-refractivity contribution in [1.29, 1.82) is 0 Å². The fourth-order valence-corrected chi connectivity index (χ4v) is 3.06. The first-order chi connectivity index (χ1) is 7.77. The fourth-order valence-electron chi connectivity index (χ4n) is 2.44. The molecule has 1 fully saturated rings. The van der Waals surface area contributed by atoms with E-state index in [0.29, 0.717) is 12.0 Å². The Hall–Kier alpha value is -0.830. The average molecular weight is 237 g/mol. The number of carbonyl (C=O) groups is 1. The lowest BCUT2D eigenvalue weighted by atomic mass is 9.84. The third kappa shape index (κ3) is 2.85. The molecule has 1 aromatic heterocycles. The molecule has 0 aliphatic heterocycles. The molecule has 2 nitrogen and oxygen atoms in total. The molecule has 88 valence electrons. The molecule has 2 rings (SSSR count). The number of thiophene rings is 1. The second kappa shape index (κ2) is 5.48. The predicted octanol–water partition coefficient (Wildman–Crippen LogP) is 3.45. The smallest absolute Gasteiger partial charge is 0.261 e. The minimum absolute atomic E-state index is 0.0908. The van der Waals surface area contributed by atoms with Crippen molar-refractivity contribution in [3.05, 3.63) is 22.4 Å². The van der Waals surface area contributed by atoms with E-state index in [-0.39, 0.29) is 5.91 Å². The van der Waals surface area contributed by atoms with E-state index in [1.165, 1.54) is 43.4 Å². The lowest BCUT2D eigenvalue weighted by Gasteiger charge is -2.28. The Labute approximate surface area is 101 Å². The number of nitrogens with one attached hydrogen (secondary N) is 1. The summed E-state index contributed by atoms with van der Waals surface area (Å²) in [6.45, 7) is 2.14. The van der Waals surface area contributed by atoms with Crippen molar-refractivity contribution >= 4 is 17.2 Å². The van der Waals surface area contributed by atoms with Gasteiger partial charge in [0.1, 0.15) is 0 Å². The Morgan fingerprint density at radius 2 is 2.19 bits per heavy atom.